The van der Waals surface area contributed by atoms with E-state index in [0.29, 0.717) is 0 Å². The van der Waals surface area contributed by atoms with Crippen LogP contribution in [0.25, 0.3) is 0 Å². The summed E-state index contributed by atoms with van der Waals surface area (Å²) in [7, 11) is -4.52. The number of rotatable bonds is 3. The van der Waals surface area contributed by atoms with Crippen molar-refractivity contribution in [2.75, 3.05) is 13.2 Å². The van der Waals surface area contributed by atoms with Gasteiger partial charge >= 0.3 is 16.3 Å². The van der Waals surface area contributed by atoms with Crippen molar-refractivity contribution in [1.29, 1.82) is 0 Å². The van der Waals surface area contributed by atoms with Crippen molar-refractivity contribution in [3.05, 3.63) is 34.4 Å². The van der Waals surface area contributed by atoms with Gasteiger partial charge in [-0.1, -0.05) is 12.1 Å². The van der Waals surface area contributed by atoms with Crippen molar-refractivity contribution < 1.29 is 37.3 Å². The third-order valence-corrected chi connectivity index (χ3v) is 3.09. The smallest absolute Gasteiger partial charge is 0.430 e. The van der Waals surface area contributed by atoms with Crippen molar-refractivity contribution in [3.63, 3.8) is 0 Å². The van der Waals surface area contributed by atoms with Gasteiger partial charge in [0.05, 0.1) is 11.5 Å². The molecule has 1 saturated heterocycles. The summed E-state index contributed by atoms with van der Waals surface area (Å²) in [5.41, 5.74) is -0.634. The number of hydrogen-bond acceptors (Lipinski definition) is 8. The number of nitro groups is 1. The van der Waals surface area contributed by atoms with Crippen molar-refractivity contribution in [2.24, 2.45) is 0 Å². The molecule has 0 spiro atoms. The minimum atomic E-state index is -4.52. The maximum atomic E-state index is 10.6. The molecule has 1 aliphatic rings. The van der Waals surface area contributed by atoms with Crippen molar-refractivity contribution in [1.82, 2.24) is 0 Å². The Kier molecular flexibility index (Phi) is 5.58. The second kappa shape index (κ2) is 6.97. The number of carbonyl (C=O) groups is 1. The number of cyclic esters (lactones) is 2. The van der Waals surface area contributed by atoms with Gasteiger partial charge in [0.15, 0.2) is 11.0 Å². The van der Waals surface area contributed by atoms with E-state index < -0.39 is 37.9 Å². The van der Waals surface area contributed by atoms with Gasteiger partial charge in [0.2, 0.25) is 0 Å². The summed E-state index contributed by atoms with van der Waals surface area (Å²) in [6.45, 7) is 0.0150. The number of aliphatic hydroxyl groups is 1. The Bertz CT molecular complexity index is 627. The third kappa shape index (κ3) is 4.98. The molecule has 0 saturated carbocycles. The highest BCUT2D eigenvalue weighted by molar-refractivity contribution is 7.86. The maximum Gasteiger partial charge on any atom is 0.508 e. The lowest BCUT2D eigenvalue weighted by Crippen LogP contribution is -2.14. The fraction of sp³-hybridized carbons (Fsp3) is 0.300. The van der Waals surface area contributed by atoms with Crippen molar-refractivity contribution in [2.45, 2.75) is 11.0 Å². The van der Waals surface area contributed by atoms with E-state index >= 15 is 0 Å². The predicted molar refractivity (Wildman–Crippen MR) is 66.2 cm³/mol. The van der Waals surface area contributed by atoms with Crippen LogP contribution in [0.3, 0.4) is 0 Å². The molecule has 21 heavy (non-hydrogen) atoms. The number of benzene rings is 1. The topological polar surface area (TPSA) is 153 Å². The van der Waals surface area contributed by atoms with Crippen molar-refractivity contribution in [3.8, 4) is 0 Å². The number of nitrogens with zero attached hydrogens (tertiary/aromatic N) is 1. The molecule has 10 nitrogen and oxygen atoms in total. The molecule has 1 fully saturated rings. The number of hydrogen-bond donors (Lipinski definition) is 2. The minimum Gasteiger partial charge on any atom is -0.430 e. The summed E-state index contributed by atoms with van der Waals surface area (Å²) in [5.74, 6) is 0. The third-order valence-electron chi connectivity index (χ3n) is 2.19. The summed E-state index contributed by atoms with van der Waals surface area (Å²) < 4.78 is 38.5. The van der Waals surface area contributed by atoms with E-state index in [1.54, 1.807) is 0 Å². The van der Waals surface area contributed by atoms with Gasteiger partial charge in [0, 0.05) is 6.07 Å². The molecule has 1 aromatic carbocycles. The molecule has 2 N–H and O–H groups in total. The molecule has 0 radical (unpaired) electrons. The molecule has 1 aromatic rings. The Morgan fingerprint density at radius 2 is 2.00 bits per heavy atom. The van der Waals surface area contributed by atoms with E-state index in [1.807, 2.05) is 0 Å². The first kappa shape index (κ1) is 16.8. The summed E-state index contributed by atoms with van der Waals surface area (Å²) in [4.78, 5) is 18.8. The van der Waals surface area contributed by atoms with Crippen LogP contribution in [0.15, 0.2) is 29.2 Å². The molecule has 0 aliphatic carbocycles. The van der Waals surface area contributed by atoms with Crippen LogP contribution in [0.4, 0.5) is 10.5 Å². The fourth-order valence-electron chi connectivity index (χ4n) is 1.28. The largest absolute Gasteiger partial charge is 0.508 e. The number of carbonyl (C=O) groups excluding carboxylic acids is 1. The second-order valence-corrected chi connectivity index (χ2v) is 5.07. The average Bonchev–Trinajstić information content (AvgIpc) is 2.84. The van der Waals surface area contributed by atoms with Crippen LogP contribution in [-0.4, -0.2) is 48.5 Å². The van der Waals surface area contributed by atoms with Crippen LogP contribution in [0.5, 0.6) is 0 Å². The fourth-order valence-corrected chi connectivity index (χ4v) is 1.94. The van der Waals surface area contributed by atoms with E-state index in [2.05, 4.69) is 9.47 Å². The molecular formula is C10H11NO9S. The quantitative estimate of drug-likeness (QED) is 0.347. The van der Waals surface area contributed by atoms with Gasteiger partial charge in [-0.15, -0.1) is 0 Å². The lowest BCUT2D eigenvalue weighted by Gasteiger charge is -1.97. The van der Waals surface area contributed by atoms with Crippen LogP contribution in [0.2, 0.25) is 0 Å². The Hall–Kier alpha value is -2.24. The van der Waals surface area contributed by atoms with Crippen LogP contribution in [-0.2, 0) is 19.6 Å². The number of aliphatic hydroxyl groups excluding tert-OH is 1. The highest BCUT2D eigenvalue weighted by atomic mass is 32.2. The number of ether oxygens (including phenoxy) is 2. The van der Waals surface area contributed by atoms with E-state index in [4.69, 9.17) is 9.66 Å². The molecule has 0 aromatic heterocycles. The van der Waals surface area contributed by atoms with E-state index in [0.717, 1.165) is 12.1 Å². The van der Waals surface area contributed by atoms with Crippen LogP contribution in [0.1, 0.15) is 0 Å². The predicted octanol–water partition coefficient (Wildman–Crippen LogP) is 0.356. The molecule has 2 rings (SSSR count). The SMILES string of the molecule is O=C1OCC(CO)O1.O=[N+]([O-])c1ccccc1S(=O)(=O)O. The highest BCUT2D eigenvalue weighted by Gasteiger charge is 2.23. The van der Waals surface area contributed by atoms with E-state index in [-0.39, 0.29) is 13.2 Å². The van der Waals surface area contributed by atoms with Gasteiger partial charge in [-0.05, 0) is 6.07 Å². The van der Waals surface area contributed by atoms with Crippen LogP contribution >= 0.6 is 0 Å². The molecule has 11 heteroatoms. The van der Waals surface area contributed by atoms with Crippen LogP contribution < -0.4 is 0 Å². The summed E-state index contributed by atoms with van der Waals surface area (Å²) >= 11 is 0. The number of nitro benzene ring substituents is 1. The summed E-state index contributed by atoms with van der Waals surface area (Å²) in [6, 6.07) is 4.57. The first-order valence-corrected chi connectivity index (χ1v) is 6.85. The average molecular weight is 321 g/mol. The summed E-state index contributed by atoms with van der Waals surface area (Å²) in [6.07, 6.45) is -1.13. The highest BCUT2D eigenvalue weighted by Crippen LogP contribution is 2.21. The van der Waals surface area contributed by atoms with E-state index in [9.17, 15) is 23.3 Å². The van der Waals surface area contributed by atoms with Gasteiger partial charge in [-0.3, -0.25) is 14.7 Å². The lowest BCUT2D eigenvalue weighted by molar-refractivity contribution is -0.387. The zero-order chi connectivity index (χ0) is 16.0. The van der Waals surface area contributed by atoms with E-state index in [1.165, 1.54) is 12.1 Å². The maximum absolute atomic E-state index is 10.6. The Labute approximate surface area is 118 Å². The van der Waals surface area contributed by atoms with Gasteiger partial charge in [-0.2, -0.15) is 8.42 Å². The zero-order valence-corrected chi connectivity index (χ0v) is 11.2. The Balaban J connectivity index is 0.000000235. The molecule has 1 unspecified atom stereocenters. The van der Waals surface area contributed by atoms with Gasteiger partial charge in [0.25, 0.3) is 5.69 Å². The van der Waals surface area contributed by atoms with Crippen molar-refractivity contribution >= 4 is 22.0 Å². The van der Waals surface area contributed by atoms with Gasteiger partial charge in [0.1, 0.15) is 6.61 Å². The normalized spacial score (nSPS) is 17.2. The molecule has 116 valence electrons. The molecule has 0 bridgehead atoms. The Morgan fingerprint density at radius 1 is 1.38 bits per heavy atom. The van der Waals surface area contributed by atoms with Gasteiger partial charge < -0.3 is 14.6 Å². The molecular weight excluding hydrogens is 310 g/mol. The first-order valence-electron chi connectivity index (χ1n) is 5.41. The Morgan fingerprint density at radius 3 is 2.33 bits per heavy atom. The first-order chi connectivity index (χ1) is 9.75. The molecule has 1 atom stereocenters. The molecule has 1 heterocycles. The minimum absolute atomic E-state index is 0.161. The zero-order valence-electron chi connectivity index (χ0n) is 10.4. The number of para-hydroxylation sites is 1. The summed E-state index contributed by atoms with van der Waals surface area (Å²) in [5, 5.41) is 18.6. The van der Waals surface area contributed by atoms with Gasteiger partial charge in [-0.25, -0.2) is 4.79 Å². The van der Waals surface area contributed by atoms with Crippen LogP contribution in [0, 0.1) is 10.1 Å². The second-order valence-electron chi connectivity index (χ2n) is 3.68. The standard InChI is InChI=1S/C6H5NO5S.C4H6O4/c8-7(9)5-3-1-2-4-6(5)13(10,11)12;5-1-3-2-7-4(6)8-3/h1-4H,(H,10,11,12);3,5H,1-2H2. The molecule has 1 aliphatic heterocycles. The monoisotopic (exact) mass is 321 g/mol. The lowest BCUT2D eigenvalue weighted by atomic mass is 10.3. The molecule has 0 amide bonds.